The van der Waals surface area contributed by atoms with Crippen molar-refractivity contribution in [2.24, 2.45) is 0 Å². The molecular weight excluding hydrogens is 537 g/mol. The Bertz CT molecular complexity index is 1580. The van der Waals surface area contributed by atoms with Gasteiger partial charge < -0.3 is 9.84 Å². The highest BCUT2D eigenvalue weighted by atomic mass is 32.2. The maximum atomic E-state index is 13.4. The number of amides is 1. The zero-order chi connectivity index (χ0) is 27.7. The van der Waals surface area contributed by atoms with Crippen LogP contribution in [0.15, 0.2) is 76.6 Å². The summed E-state index contributed by atoms with van der Waals surface area (Å²) in [6, 6.07) is 17.8. The number of carbonyl (C=O) groups excluding carboxylic acids is 2. The molecule has 3 aromatic carbocycles. The molecule has 0 aliphatic carbocycles. The zero-order valence-electron chi connectivity index (χ0n) is 21.3. The molecule has 0 spiro atoms. The van der Waals surface area contributed by atoms with Gasteiger partial charge in [-0.15, -0.1) is 10.2 Å². The van der Waals surface area contributed by atoms with Gasteiger partial charge in [-0.25, -0.2) is 4.39 Å². The molecule has 198 valence electrons. The first-order valence-corrected chi connectivity index (χ1v) is 13.8. The first kappa shape index (κ1) is 26.6. The van der Waals surface area contributed by atoms with Gasteiger partial charge in [0, 0.05) is 11.3 Å². The second-order valence-electron chi connectivity index (χ2n) is 9.03. The van der Waals surface area contributed by atoms with Crippen LogP contribution in [0.2, 0.25) is 0 Å². The molecule has 1 amide bonds. The number of anilines is 1. The van der Waals surface area contributed by atoms with Crippen molar-refractivity contribution in [3.05, 3.63) is 106 Å². The maximum Gasteiger partial charge on any atom is 0.301 e. The van der Waals surface area contributed by atoms with Gasteiger partial charge in [0.1, 0.15) is 17.3 Å². The van der Waals surface area contributed by atoms with Crippen molar-refractivity contribution in [1.82, 2.24) is 10.2 Å². The summed E-state index contributed by atoms with van der Waals surface area (Å²) in [5.41, 5.74) is 3.66. The lowest BCUT2D eigenvalue weighted by Crippen LogP contribution is -2.29. The van der Waals surface area contributed by atoms with E-state index in [0.717, 1.165) is 16.7 Å². The van der Waals surface area contributed by atoms with E-state index in [2.05, 4.69) is 10.2 Å². The fraction of sp³-hybridized carbons (Fsp3) is 0.172. The molecule has 7 nitrogen and oxygen atoms in total. The highest BCUT2D eigenvalue weighted by Crippen LogP contribution is 2.44. The Morgan fingerprint density at radius 3 is 2.46 bits per heavy atom. The number of ether oxygens (including phenoxy) is 1. The molecule has 0 saturated carbocycles. The van der Waals surface area contributed by atoms with Crippen LogP contribution in [0.4, 0.5) is 9.52 Å². The molecule has 1 atom stereocenters. The number of hydrogen-bond donors (Lipinski definition) is 1. The molecule has 0 bridgehead atoms. The number of halogens is 1. The standard InChI is InChI=1S/C29H24FN3O4S2/c1-16-4-5-17(2)22(14-16)25(34)23-24(19-8-12-21(37-3)13-9-19)33(27(36)26(23)35)28-31-32-29(39-28)38-15-18-6-10-20(30)11-7-18/h4-14,24,34H,15H2,1-3H3. The number of aliphatic hydroxyl groups excluding tert-OH is 1. The lowest BCUT2D eigenvalue weighted by atomic mass is 9.93. The van der Waals surface area contributed by atoms with Crippen molar-refractivity contribution < 1.29 is 23.8 Å². The third-order valence-corrected chi connectivity index (χ3v) is 8.53. The molecule has 2 heterocycles. The monoisotopic (exact) mass is 561 g/mol. The molecule has 1 N–H and O–H groups in total. The zero-order valence-corrected chi connectivity index (χ0v) is 23.0. The number of ketones is 1. The minimum Gasteiger partial charge on any atom is -0.507 e. The number of aliphatic hydroxyl groups is 1. The largest absolute Gasteiger partial charge is 0.507 e. The number of nitrogens with zero attached hydrogens (tertiary/aromatic N) is 3. The topological polar surface area (TPSA) is 92.6 Å². The minimum atomic E-state index is -0.918. The summed E-state index contributed by atoms with van der Waals surface area (Å²) < 4.78 is 19.1. The Morgan fingerprint density at radius 1 is 1.05 bits per heavy atom. The van der Waals surface area contributed by atoms with E-state index in [-0.39, 0.29) is 22.3 Å². The van der Waals surface area contributed by atoms with E-state index in [1.807, 2.05) is 26.0 Å². The molecular formula is C29H24FN3O4S2. The van der Waals surface area contributed by atoms with Gasteiger partial charge in [-0.2, -0.15) is 0 Å². The van der Waals surface area contributed by atoms with E-state index < -0.39 is 17.7 Å². The van der Waals surface area contributed by atoms with Crippen LogP contribution in [0.5, 0.6) is 5.75 Å². The highest BCUT2D eigenvalue weighted by molar-refractivity contribution is 8.00. The summed E-state index contributed by atoms with van der Waals surface area (Å²) in [7, 11) is 1.55. The number of benzene rings is 3. The Kier molecular flexibility index (Phi) is 7.49. The van der Waals surface area contributed by atoms with Gasteiger partial charge in [0.2, 0.25) is 5.13 Å². The van der Waals surface area contributed by atoms with Crippen LogP contribution in [0.3, 0.4) is 0 Å². The van der Waals surface area contributed by atoms with Crippen LogP contribution in [0.25, 0.3) is 5.76 Å². The fourth-order valence-corrected chi connectivity index (χ4v) is 6.17. The van der Waals surface area contributed by atoms with Crippen molar-refractivity contribution in [2.75, 3.05) is 12.0 Å². The second kappa shape index (κ2) is 11.0. The molecule has 1 unspecified atom stereocenters. The average molecular weight is 562 g/mol. The van der Waals surface area contributed by atoms with E-state index in [9.17, 15) is 19.1 Å². The normalized spacial score (nSPS) is 16.6. The van der Waals surface area contributed by atoms with Crippen LogP contribution < -0.4 is 9.64 Å². The van der Waals surface area contributed by atoms with Gasteiger partial charge in [-0.1, -0.05) is 65.1 Å². The Balaban J connectivity index is 1.56. The van der Waals surface area contributed by atoms with Crippen LogP contribution >= 0.6 is 23.1 Å². The van der Waals surface area contributed by atoms with Crippen molar-refractivity contribution in [1.29, 1.82) is 0 Å². The number of Topliss-reactive ketones (excluding diaryl/α,β-unsaturated/α-hetero) is 1. The SMILES string of the molecule is COc1ccc(C2C(=C(O)c3cc(C)ccc3C)C(=O)C(=O)N2c2nnc(SCc3ccc(F)cc3)s2)cc1. The molecule has 1 aliphatic rings. The summed E-state index contributed by atoms with van der Waals surface area (Å²) in [5, 5.41) is 20.1. The lowest BCUT2D eigenvalue weighted by Gasteiger charge is -2.23. The Hall–Kier alpha value is -4.02. The predicted octanol–water partition coefficient (Wildman–Crippen LogP) is 6.22. The Labute approximate surface area is 233 Å². The summed E-state index contributed by atoms with van der Waals surface area (Å²) >= 11 is 2.56. The second-order valence-corrected chi connectivity index (χ2v) is 11.2. The number of methoxy groups -OCH3 is 1. The molecule has 1 aliphatic heterocycles. The van der Waals surface area contributed by atoms with E-state index in [1.54, 1.807) is 49.6 Å². The van der Waals surface area contributed by atoms with Crippen molar-refractivity contribution >= 4 is 45.7 Å². The number of carbonyl (C=O) groups is 2. The fourth-order valence-electron chi connectivity index (χ4n) is 4.35. The summed E-state index contributed by atoms with van der Waals surface area (Å²) in [4.78, 5) is 28.2. The van der Waals surface area contributed by atoms with Gasteiger partial charge in [-0.05, 0) is 60.9 Å². The minimum absolute atomic E-state index is 0.0189. The third kappa shape index (κ3) is 5.30. The van der Waals surface area contributed by atoms with E-state index in [0.29, 0.717) is 27.0 Å². The van der Waals surface area contributed by atoms with E-state index in [4.69, 9.17) is 4.74 Å². The van der Waals surface area contributed by atoms with Gasteiger partial charge in [0.05, 0.1) is 18.7 Å². The number of aromatic nitrogens is 2. The molecule has 5 rings (SSSR count). The summed E-state index contributed by atoms with van der Waals surface area (Å²) in [6.07, 6.45) is 0. The van der Waals surface area contributed by atoms with Crippen molar-refractivity contribution in [3.8, 4) is 5.75 Å². The van der Waals surface area contributed by atoms with Crippen molar-refractivity contribution in [3.63, 3.8) is 0 Å². The first-order valence-electron chi connectivity index (χ1n) is 12.0. The first-order chi connectivity index (χ1) is 18.8. The van der Waals surface area contributed by atoms with Crippen LogP contribution in [-0.4, -0.2) is 34.1 Å². The Morgan fingerprint density at radius 2 is 1.77 bits per heavy atom. The summed E-state index contributed by atoms with van der Waals surface area (Å²) in [6.45, 7) is 3.73. The molecule has 1 saturated heterocycles. The van der Waals surface area contributed by atoms with Gasteiger partial charge in [0.15, 0.2) is 4.34 Å². The average Bonchev–Trinajstić information content (AvgIpc) is 3.51. The predicted molar refractivity (Wildman–Crippen MR) is 150 cm³/mol. The molecule has 10 heteroatoms. The number of thioether (sulfide) groups is 1. The third-order valence-electron chi connectivity index (χ3n) is 6.40. The number of rotatable bonds is 7. The molecule has 1 aromatic heterocycles. The van der Waals surface area contributed by atoms with Gasteiger partial charge in [0.25, 0.3) is 5.78 Å². The molecule has 1 fully saturated rings. The smallest absolute Gasteiger partial charge is 0.301 e. The van der Waals surface area contributed by atoms with E-state index >= 15 is 0 Å². The molecule has 39 heavy (non-hydrogen) atoms. The number of aryl methyl sites for hydroxylation is 2. The molecule has 0 radical (unpaired) electrons. The van der Waals surface area contributed by atoms with Crippen LogP contribution in [-0.2, 0) is 15.3 Å². The highest BCUT2D eigenvalue weighted by Gasteiger charge is 2.48. The number of hydrogen-bond acceptors (Lipinski definition) is 8. The summed E-state index contributed by atoms with van der Waals surface area (Å²) in [5.74, 6) is -1.01. The van der Waals surface area contributed by atoms with Gasteiger partial charge >= 0.3 is 5.91 Å². The van der Waals surface area contributed by atoms with Crippen LogP contribution in [0.1, 0.15) is 33.9 Å². The van der Waals surface area contributed by atoms with E-state index in [1.165, 1.54) is 40.1 Å². The quantitative estimate of drug-likeness (QED) is 0.0941. The molecule has 4 aromatic rings. The van der Waals surface area contributed by atoms with Gasteiger partial charge in [-0.3, -0.25) is 14.5 Å². The lowest BCUT2D eigenvalue weighted by molar-refractivity contribution is -0.132. The maximum absolute atomic E-state index is 13.4. The van der Waals surface area contributed by atoms with Crippen molar-refractivity contribution in [2.45, 2.75) is 30.0 Å². The van der Waals surface area contributed by atoms with Crippen LogP contribution in [0, 0.1) is 19.7 Å².